The zero-order valence-corrected chi connectivity index (χ0v) is 11.1. The zero-order chi connectivity index (χ0) is 12.7. The molecular formula is C15H23NO. The third kappa shape index (κ3) is 4.31. The second-order valence-electron chi connectivity index (χ2n) is 4.51. The third-order valence-electron chi connectivity index (χ3n) is 3.30. The van der Waals surface area contributed by atoms with Gasteiger partial charge in [0.1, 0.15) is 6.29 Å². The Balaban J connectivity index is 2.64. The molecule has 0 bridgehead atoms. The fraction of sp³-hybridized carbons (Fsp3) is 0.533. The lowest BCUT2D eigenvalue weighted by atomic mass is 9.97. The molecule has 1 atom stereocenters. The van der Waals surface area contributed by atoms with Crippen LogP contribution in [-0.2, 0) is 11.3 Å². The first kappa shape index (κ1) is 13.9. The lowest BCUT2D eigenvalue weighted by Crippen LogP contribution is -2.22. The highest BCUT2D eigenvalue weighted by Gasteiger charge is 2.05. The van der Waals surface area contributed by atoms with Gasteiger partial charge in [-0.15, -0.1) is 0 Å². The van der Waals surface area contributed by atoms with Crippen molar-refractivity contribution in [2.45, 2.75) is 39.7 Å². The summed E-state index contributed by atoms with van der Waals surface area (Å²) in [6, 6.07) is 8.64. The number of benzene rings is 1. The zero-order valence-electron chi connectivity index (χ0n) is 11.1. The van der Waals surface area contributed by atoms with Crippen molar-refractivity contribution in [1.29, 1.82) is 0 Å². The molecule has 1 aromatic carbocycles. The number of carbonyl (C=O) groups is 1. The van der Waals surface area contributed by atoms with E-state index < -0.39 is 0 Å². The van der Waals surface area contributed by atoms with Crippen molar-refractivity contribution in [1.82, 2.24) is 4.90 Å². The average Bonchev–Trinajstić information content (AvgIpc) is 2.37. The van der Waals surface area contributed by atoms with E-state index in [1.165, 1.54) is 11.1 Å². The molecule has 0 aliphatic rings. The molecule has 1 rings (SSSR count). The van der Waals surface area contributed by atoms with E-state index >= 15 is 0 Å². The summed E-state index contributed by atoms with van der Waals surface area (Å²) in [5, 5.41) is 0. The highest BCUT2D eigenvalue weighted by Crippen LogP contribution is 2.18. The van der Waals surface area contributed by atoms with Gasteiger partial charge >= 0.3 is 0 Å². The number of rotatable bonds is 7. The fourth-order valence-corrected chi connectivity index (χ4v) is 1.94. The lowest BCUT2D eigenvalue weighted by molar-refractivity contribution is -0.108. The molecule has 1 aromatic rings. The quantitative estimate of drug-likeness (QED) is 0.674. The van der Waals surface area contributed by atoms with Gasteiger partial charge in [0.05, 0.1) is 0 Å². The minimum atomic E-state index is 0.329. The standard InChI is InChI=1S/C15H23NO/c1-4-16(5-2)12-14-6-8-15(9-7-14)13(3)10-11-17/h6-9,11,13H,4-5,10,12H2,1-3H3. The molecular weight excluding hydrogens is 210 g/mol. The van der Waals surface area contributed by atoms with Crippen molar-refractivity contribution < 1.29 is 4.79 Å². The Kier molecular flexibility index (Phi) is 5.92. The number of aldehydes is 1. The molecule has 94 valence electrons. The Hall–Kier alpha value is -1.15. The first-order valence-electron chi connectivity index (χ1n) is 6.46. The Bertz CT molecular complexity index is 327. The lowest BCUT2D eigenvalue weighted by Gasteiger charge is -2.18. The van der Waals surface area contributed by atoms with Crippen molar-refractivity contribution >= 4 is 6.29 Å². The van der Waals surface area contributed by atoms with Crippen molar-refractivity contribution in [3.05, 3.63) is 35.4 Å². The van der Waals surface area contributed by atoms with Crippen LogP contribution in [0, 0.1) is 0 Å². The molecule has 0 N–H and O–H groups in total. The predicted octanol–water partition coefficient (Wildman–Crippen LogP) is 3.22. The van der Waals surface area contributed by atoms with Crippen LogP contribution in [0.5, 0.6) is 0 Å². The van der Waals surface area contributed by atoms with Gasteiger partial charge in [0.15, 0.2) is 0 Å². The maximum absolute atomic E-state index is 10.5. The molecule has 1 unspecified atom stereocenters. The van der Waals surface area contributed by atoms with E-state index in [1.807, 2.05) is 0 Å². The van der Waals surface area contributed by atoms with Gasteiger partial charge < -0.3 is 4.79 Å². The molecule has 0 fully saturated rings. The molecule has 0 radical (unpaired) electrons. The summed E-state index contributed by atoms with van der Waals surface area (Å²) in [6.45, 7) is 9.64. The molecule has 17 heavy (non-hydrogen) atoms. The fourth-order valence-electron chi connectivity index (χ4n) is 1.94. The molecule has 2 heteroatoms. The summed E-state index contributed by atoms with van der Waals surface area (Å²) in [7, 11) is 0. The van der Waals surface area contributed by atoms with Crippen LogP contribution in [0.15, 0.2) is 24.3 Å². The van der Waals surface area contributed by atoms with Gasteiger partial charge in [0.2, 0.25) is 0 Å². The SMILES string of the molecule is CCN(CC)Cc1ccc(C(C)CC=O)cc1. The normalized spacial score (nSPS) is 12.7. The molecule has 2 nitrogen and oxygen atoms in total. The first-order valence-corrected chi connectivity index (χ1v) is 6.46. The van der Waals surface area contributed by atoms with Gasteiger partial charge in [0.25, 0.3) is 0 Å². The van der Waals surface area contributed by atoms with Crippen molar-refractivity contribution in [2.75, 3.05) is 13.1 Å². The molecule has 0 amide bonds. The van der Waals surface area contributed by atoms with Crippen molar-refractivity contribution in [2.24, 2.45) is 0 Å². The van der Waals surface area contributed by atoms with Gasteiger partial charge in [-0.1, -0.05) is 45.0 Å². The monoisotopic (exact) mass is 233 g/mol. The van der Waals surface area contributed by atoms with Crippen LogP contribution in [0.25, 0.3) is 0 Å². The molecule has 0 aliphatic carbocycles. The molecule has 0 saturated carbocycles. The van der Waals surface area contributed by atoms with Crippen LogP contribution in [0.1, 0.15) is 44.2 Å². The number of hydrogen-bond donors (Lipinski definition) is 0. The summed E-state index contributed by atoms with van der Waals surface area (Å²) >= 11 is 0. The van der Waals surface area contributed by atoms with Gasteiger partial charge in [-0.05, 0) is 30.1 Å². The summed E-state index contributed by atoms with van der Waals surface area (Å²) in [4.78, 5) is 12.9. The summed E-state index contributed by atoms with van der Waals surface area (Å²) in [6.07, 6.45) is 1.60. The summed E-state index contributed by atoms with van der Waals surface area (Å²) in [5.74, 6) is 0.329. The van der Waals surface area contributed by atoms with Crippen LogP contribution in [0.3, 0.4) is 0 Å². The second-order valence-corrected chi connectivity index (χ2v) is 4.51. The van der Waals surface area contributed by atoms with Crippen molar-refractivity contribution in [3.63, 3.8) is 0 Å². The Labute approximate surface area is 105 Å². The first-order chi connectivity index (χ1) is 8.21. The van der Waals surface area contributed by atoms with E-state index in [4.69, 9.17) is 0 Å². The van der Waals surface area contributed by atoms with Gasteiger partial charge in [-0.25, -0.2) is 0 Å². The Morgan fingerprint density at radius 3 is 2.24 bits per heavy atom. The molecule has 0 saturated heterocycles. The Morgan fingerprint density at radius 2 is 1.76 bits per heavy atom. The topological polar surface area (TPSA) is 20.3 Å². The molecule has 0 aromatic heterocycles. The largest absolute Gasteiger partial charge is 0.303 e. The average molecular weight is 233 g/mol. The number of hydrogen-bond acceptors (Lipinski definition) is 2. The molecule has 0 spiro atoms. The highest BCUT2D eigenvalue weighted by molar-refractivity contribution is 5.51. The second kappa shape index (κ2) is 7.23. The summed E-state index contributed by atoms with van der Waals surface area (Å²) < 4.78 is 0. The minimum Gasteiger partial charge on any atom is -0.303 e. The number of carbonyl (C=O) groups excluding carboxylic acids is 1. The van der Waals surface area contributed by atoms with Crippen LogP contribution in [-0.4, -0.2) is 24.3 Å². The van der Waals surface area contributed by atoms with E-state index in [2.05, 4.69) is 49.9 Å². The van der Waals surface area contributed by atoms with E-state index in [-0.39, 0.29) is 0 Å². The smallest absolute Gasteiger partial charge is 0.120 e. The predicted molar refractivity (Wildman–Crippen MR) is 72.2 cm³/mol. The number of nitrogens with zero attached hydrogens (tertiary/aromatic N) is 1. The van der Waals surface area contributed by atoms with Crippen LogP contribution < -0.4 is 0 Å². The van der Waals surface area contributed by atoms with E-state index in [9.17, 15) is 4.79 Å². The molecule has 0 aliphatic heterocycles. The van der Waals surface area contributed by atoms with Crippen molar-refractivity contribution in [3.8, 4) is 0 Å². The summed E-state index contributed by atoms with van der Waals surface area (Å²) in [5.41, 5.74) is 2.59. The third-order valence-corrected chi connectivity index (χ3v) is 3.30. The van der Waals surface area contributed by atoms with E-state index in [0.29, 0.717) is 12.3 Å². The maximum atomic E-state index is 10.5. The van der Waals surface area contributed by atoms with Crippen LogP contribution in [0.4, 0.5) is 0 Å². The Morgan fingerprint density at radius 1 is 1.18 bits per heavy atom. The van der Waals surface area contributed by atoms with Gasteiger partial charge in [-0.3, -0.25) is 4.90 Å². The van der Waals surface area contributed by atoms with Gasteiger partial charge in [-0.2, -0.15) is 0 Å². The minimum absolute atomic E-state index is 0.329. The van der Waals surface area contributed by atoms with Gasteiger partial charge in [0, 0.05) is 13.0 Å². The van der Waals surface area contributed by atoms with Crippen LogP contribution in [0.2, 0.25) is 0 Å². The van der Waals surface area contributed by atoms with Crippen LogP contribution >= 0.6 is 0 Å². The maximum Gasteiger partial charge on any atom is 0.120 e. The van der Waals surface area contributed by atoms with E-state index in [0.717, 1.165) is 25.9 Å². The molecule has 0 heterocycles. The van der Waals surface area contributed by atoms with E-state index in [1.54, 1.807) is 0 Å². The highest BCUT2D eigenvalue weighted by atomic mass is 16.1.